The topological polar surface area (TPSA) is 33.1 Å². The molecule has 11 rings (SSSR count). The molecule has 2 aromatic heterocycles. The molecule has 0 atom stereocenters. The van der Waals surface area contributed by atoms with Crippen LogP contribution in [-0.4, -0.2) is 15.6 Å². The molecule has 69 heavy (non-hydrogen) atoms. The summed E-state index contributed by atoms with van der Waals surface area (Å²) in [6, 6.07) is 65.4. The van der Waals surface area contributed by atoms with E-state index in [0.717, 1.165) is 78.7 Å². The quantitative estimate of drug-likeness (QED) is 0.142. The van der Waals surface area contributed by atoms with Gasteiger partial charge in [-0.25, -0.2) is 13.8 Å². The minimum atomic E-state index is -0.649. The Morgan fingerprint density at radius 2 is 1.13 bits per heavy atom. The molecular formula is C62H50F2N4O+2. The van der Waals surface area contributed by atoms with Crippen LogP contribution < -0.4 is 13.9 Å². The van der Waals surface area contributed by atoms with Crippen LogP contribution >= 0.6 is 0 Å². The van der Waals surface area contributed by atoms with Gasteiger partial charge in [0.25, 0.3) is 11.4 Å². The first kappa shape index (κ1) is 43.3. The lowest BCUT2D eigenvalue weighted by molar-refractivity contribution is 0.483. The van der Waals surface area contributed by atoms with Gasteiger partial charge in [0, 0.05) is 47.3 Å². The lowest BCUT2D eigenvalue weighted by atomic mass is 9.86. The van der Waals surface area contributed by atoms with E-state index in [4.69, 9.17) is 9.72 Å². The molecule has 1 aliphatic rings. The Hall–Kier alpha value is -8.25. The summed E-state index contributed by atoms with van der Waals surface area (Å²) < 4.78 is 43.3. The van der Waals surface area contributed by atoms with E-state index in [1.54, 1.807) is 0 Å². The van der Waals surface area contributed by atoms with E-state index < -0.39 is 11.6 Å². The number of fused-ring (bicyclic) bond motifs is 4. The minimum absolute atomic E-state index is 0.0157. The summed E-state index contributed by atoms with van der Waals surface area (Å²) in [5, 5.41) is 2.23. The number of hydrogen-bond donors (Lipinski definition) is 0. The van der Waals surface area contributed by atoms with Crippen molar-refractivity contribution in [1.29, 1.82) is 0 Å². The first-order valence-electron chi connectivity index (χ1n) is 23.3. The minimum Gasteiger partial charge on any atom is -0.457 e. The molecule has 7 heteroatoms. The van der Waals surface area contributed by atoms with Gasteiger partial charge >= 0.3 is 6.01 Å². The van der Waals surface area contributed by atoms with Gasteiger partial charge in [0.15, 0.2) is 0 Å². The average molecular weight is 905 g/mol. The highest BCUT2D eigenvalue weighted by atomic mass is 19.1. The fraction of sp³-hybridized carbons (Fsp3) is 0.129. The third-order valence-corrected chi connectivity index (χ3v) is 13.0. The Labute approximate surface area is 401 Å². The van der Waals surface area contributed by atoms with Crippen LogP contribution in [0.5, 0.6) is 11.5 Å². The smallest absolute Gasteiger partial charge is 0.457 e. The van der Waals surface area contributed by atoms with Gasteiger partial charge in [0.2, 0.25) is 11.4 Å². The van der Waals surface area contributed by atoms with Crippen LogP contribution in [0.3, 0.4) is 0 Å². The Morgan fingerprint density at radius 1 is 0.478 bits per heavy atom. The molecular weight excluding hydrogens is 855 g/mol. The number of benzene rings is 8. The van der Waals surface area contributed by atoms with Gasteiger partial charge in [0.1, 0.15) is 29.0 Å². The van der Waals surface area contributed by atoms with Crippen molar-refractivity contribution in [1.82, 2.24) is 18.7 Å². The molecule has 0 fully saturated rings. The molecule has 0 bridgehead atoms. The summed E-state index contributed by atoms with van der Waals surface area (Å²) in [5.41, 5.74) is 12.6. The van der Waals surface area contributed by atoms with E-state index in [-0.39, 0.29) is 10.8 Å². The van der Waals surface area contributed by atoms with Crippen LogP contribution in [0.2, 0.25) is 0 Å². The van der Waals surface area contributed by atoms with Gasteiger partial charge in [-0.15, -0.1) is 0 Å². The molecule has 0 unspecified atom stereocenters. The highest BCUT2D eigenvalue weighted by Crippen LogP contribution is 2.46. The molecule has 0 spiro atoms. The second kappa shape index (κ2) is 16.8. The van der Waals surface area contributed by atoms with Crippen molar-refractivity contribution in [3.05, 3.63) is 217 Å². The van der Waals surface area contributed by atoms with Gasteiger partial charge in [-0.05, 0) is 114 Å². The molecule has 5 nitrogen and oxygen atoms in total. The summed E-state index contributed by atoms with van der Waals surface area (Å²) in [6.45, 7) is 13.3. The van der Waals surface area contributed by atoms with E-state index in [0.29, 0.717) is 22.6 Å². The highest BCUT2D eigenvalue weighted by molar-refractivity contribution is 6.09. The normalized spacial score (nSPS) is 12.6. The molecule has 1 aliphatic heterocycles. The second-order valence-corrected chi connectivity index (χ2v) is 19.8. The summed E-state index contributed by atoms with van der Waals surface area (Å²) in [7, 11) is 0. The summed E-state index contributed by atoms with van der Waals surface area (Å²) in [6.07, 6.45) is 1.89. The summed E-state index contributed by atoms with van der Waals surface area (Å²) in [5.74, 6) is 0.853. The van der Waals surface area contributed by atoms with Crippen LogP contribution in [0.4, 0.5) is 31.5 Å². The van der Waals surface area contributed by atoms with Crippen LogP contribution in [0, 0.1) is 11.6 Å². The van der Waals surface area contributed by atoms with Gasteiger partial charge in [-0.1, -0.05) is 133 Å². The molecule has 0 N–H and O–H groups in total. The fourth-order valence-electron chi connectivity index (χ4n) is 9.50. The SMILES string of the molecule is CC(C)(C)c1ccc(-c2cc(Oc3ccc4c5ccccc5n(-c5cc(C(C)(C)C)ccn5)c4c3)cc([N+]3=C=[N+](c4c(-c5ccccc5)cccc4-c4cc(F)cc(F)c4)c4ccccc43)c2)cc1. The summed E-state index contributed by atoms with van der Waals surface area (Å²) >= 11 is 0. The lowest BCUT2D eigenvalue weighted by Gasteiger charge is -2.20. The maximum atomic E-state index is 15.0. The summed E-state index contributed by atoms with van der Waals surface area (Å²) in [4.78, 5) is 4.90. The van der Waals surface area contributed by atoms with Crippen molar-refractivity contribution < 1.29 is 13.5 Å². The van der Waals surface area contributed by atoms with Crippen LogP contribution in [0.1, 0.15) is 52.7 Å². The number of pyridine rings is 1. The van der Waals surface area contributed by atoms with E-state index in [2.05, 4.69) is 143 Å². The van der Waals surface area contributed by atoms with E-state index in [1.807, 2.05) is 94.2 Å². The number of rotatable bonds is 8. The predicted octanol–water partition coefficient (Wildman–Crippen LogP) is 16.7. The van der Waals surface area contributed by atoms with Crippen molar-refractivity contribution in [2.45, 2.75) is 52.4 Å². The maximum absolute atomic E-state index is 15.0. The van der Waals surface area contributed by atoms with Crippen molar-refractivity contribution in [2.24, 2.45) is 0 Å². The lowest BCUT2D eigenvalue weighted by Crippen LogP contribution is -2.12. The molecule has 10 aromatic rings. The Kier molecular flexibility index (Phi) is 10.6. The zero-order chi connectivity index (χ0) is 47.6. The van der Waals surface area contributed by atoms with Crippen molar-refractivity contribution in [3.63, 3.8) is 0 Å². The first-order valence-corrected chi connectivity index (χ1v) is 23.3. The molecule has 0 saturated carbocycles. The Balaban J connectivity index is 1.12. The number of hydrogen-bond acceptors (Lipinski definition) is 2. The molecule has 0 aliphatic carbocycles. The van der Waals surface area contributed by atoms with E-state index >= 15 is 8.78 Å². The third kappa shape index (κ3) is 8.11. The van der Waals surface area contributed by atoms with Crippen molar-refractivity contribution in [3.8, 4) is 50.7 Å². The third-order valence-electron chi connectivity index (χ3n) is 13.0. The van der Waals surface area contributed by atoms with Gasteiger partial charge in [0.05, 0.1) is 28.2 Å². The average Bonchev–Trinajstić information content (AvgIpc) is 3.89. The van der Waals surface area contributed by atoms with Crippen LogP contribution in [0.25, 0.3) is 61.0 Å². The Morgan fingerprint density at radius 3 is 1.86 bits per heavy atom. The predicted molar refractivity (Wildman–Crippen MR) is 280 cm³/mol. The van der Waals surface area contributed by atoms with E-state index in [1.165, 1.54) is 23.3 Å². The maximum Gasteiger partial charge on any atom is 0.503 e. The standard InChI is InChI=1S/C62H50F2N4O/c1-61(2,3)44-25-23-40(24-26-44)42-33-48(37-50(34-42)69-49-27-28-54-53-17-10-11-20-55(53)68(58(54)38-49)59-35-45(29-30-65-59)62(4,5)6)66-39-67(57-22-13-12-21-56(57)66)60-51(41-15-8-7-9-16-41)18-14-19-52(60)43-31-46(63)36-47(64)32-43/h7-38H,1-6H3/q+2. The monoisotopic (exact) mass is 904 g/mol. The number of para-hydroxylation sites is 4. The molecule has 8 aromatic carbocycles. The van der Waals surface area contributed by atoms with Gasteiger partial charge < -0.3 is 4.74 Å². The second-order valence-electron chi connectivity index (χ2n) is 19.8. The highest BCUT2D eigenvalue weighted by Gasteiger charge is 2.39. The van der Waals surface area contributed by atoms with Crippen LogP contribution in [-0.2, 0) is 10.8 Å². The van der Waals surface area contributed by atoms with Gasteiger partial charge in [-0.3, -0.25) is 4.57 Å². The first-order chi connectivity index (χ1) is 33.3. The number of ether oxygens (including phenoxy) is 1. The number of halogens is 2. The molecule has 0 radical (unpaired) electrons. The van der Waals surface area contributed by atoms with Gasteiger partial charge in [-0.2, -0.15) is 0 Å². The van der Waals surface area contributed by atoms with Crippen molar-refractivity contribution in [2.75, 3.05) is 0 Å². The molecule has 336 valence electrons. The molecule has 3 heterocycles. The fourth-order valence-corrected chi connectivity index (χ4v) is 9.50. The number of nitrogens with zero attached hydrogens (tertiary/aromatic N) is 4. The zero-order valence-corrected chi connectivity index (χ0v) is 39.4. The molecule has 0 saturated heterocycles. The van der Waals surface area contributed by atoms with Crippen molar-refractivity contribution >= 4 is 50.6 Å². The Bertz CT molecular complexity index is 3700. The zero-order valence-electron chi connectivity index (χ0n) is 39.4. The van der Waals surface area contributed by atoms with E-state index in [9.17, 15) is 0 Å². The van der Waals surface area contributed by atoms with Crippen LogP contribution in [0.15, 0.2) is 194 Å². The number of aromatic nitrogens is 2. The largest absolute Gasteiger partial charge is 0.503 e. The molecule has 0 amide bonds.